The van der Waals surface area contributed by atoms with Crippen molar-refractivity contribution in [1.82, 2.24) is 10.3 Å². The SMILES string of the molecule is COCCNCc1cc(-c2ccncc2)c(-c2ccc3c(c2)CCC3=O)o1. The van der Waals surface area contributed by atoms with Crippen molar-refractivity contribution < 1.29 is 13.9 Å². The third-order valence-corrected chi connectivity index (χ3v) is 4.85. The van der Waals surface area contributed by atoms with E-state index in [0.29, 0.717) is 19.6 Å². The second-order valence-corrected chi connectivity index (χ2v) is 6.66. The van der Waals surface area contributed by atoms with Gasteiger partial charge in [0.1, 0.15) is 11.5 Å². The Bertz CT molecular complexity index is 947. The van der Waals surface area contributed by atoms with Crippen LogP contribution >= 0.6 is 0 Å². The molecule has 0 bridgehead atoms. The van der Waals surface area contributed by atoms with Crippen LogP contribution in [0.3, 0.4) is 0 Å². The van der Waals surface area contributed by atoms with Crippen LogP contribution in [0.15, 0.2) is 53.2 Å². The minimum absolute atomic E-state index is 0.230. The second-order valence-electron chi connectivity index (χ2n) is 6.66. The Labute approximate surface area is 158 Å². The van der Waals surface area contributed by atoms with Crippen LogP contribution in [0, 0.1) is 0 Å². The maximum absolute atomic E-state index is 11.9. The largest absolute Gasteiger partial charge is 0.459 e. The van der Waals surface area contributed by atoms with Crippen LogP contribution in [0.2, 0.25) is 0 Å². The van der Waals surface area contributed by atoms with E-state index in [-0.39, 0.29) is 5.78 Å². The molecule has 0 atom stereocenters. The number of ether oxygens (including phenoxy) is 1. The van der Waals surface area contributed by atoms with E-state index in [2.05, 4.69) is 22.4 Å². The molecular formula is C22H22N2O3. The molecule has 0 unspecified atom stereocenters. The number of hydrogen-bond acceptors (Lipinski definition) is 5. The van der Waals surface area contributed by atoms with Gasteiger partial charge in [-0.05, 0) is 41.8 Å². The molecule has 2 aromatic heterocycles. The number of rotatable bonds is 7. The first-order valence-corrected chi connectivity index (χ1v) is 9.15. The fourth-order valence-electron chi connectivity index (χ4n) is 3.47. The number of ketones is 1. The summed E-state index contributed by atoms with van der Waals surface area (Å²) in [7, 11) is 1.69. The molecule has 4 rings (SSSR count). The molecule has 5 nitrogen and oxygen atoms in total. The quantitative estimate of drug-likeness (QED) is 0.646. The number of aromatic nitrogens is 1. The van der Waals surface area contributed by atoms with E-state index in [0.717, 1.165) is 52.3 Å². The molecule has 0 saturated carbocycles. The highest BCUT2D eigenvalue weighted by Crippen LogP contribution is 2.37. The molecule has 5 heteroatoms. The van der Waals surface area contributed by atoms with E-state index in [1.165, 1.54) is 0 Å². The van der Waals surface area contributed by atoms with E-state index < -0.39 is 0 Å². The van der Waals surface area contributed by atoms with Crippen molar-refractivity contribution in [3.8, 4) is 22.5 Å². The van der Waals surface area contributed by atoms with Gasteiger partial charge in [0.05, 0.1) is 13.2 Å². The van der Waals surface area contributed by atoms with Crippen LogP contribution in [0.25, 0.3) is 22.5 Å². The third kappa shape index (κ3) is 3.70. The number of benzene rings is 1. The van der Waals surface area contributed by atoms with Crippen molar-refractivity contribution in [1.29, 1.82) is 0 Å². The van der Waals surface area contributed by atoms with Crippen LogP contribution in [0.1, 0.15) is 28.1 Å². The summed E-state index contributed by atoms with van der Waals surface area (Å²) in [5, 5.41) is 3.32. The van der Waals surface area contributed by atoms with Crippen molar-refractivity contribution in [2.24, 2.45) is 0 Å². The molecule has 0 spiro atoms. The van der Waals surface area contributed by atoms with Crippen LogP contribution in [-0.2, 0) is 17.7 Å². The Morgan fingerprint density at radius 2 is 1.93 bits per heavy atom. The lowest BCUT2D eigenvalue weighted by molar-refractivity contribution is 0.0994. The van der Waals surface area contributed by atoms with Gasteiger partial charge in [0.15, 0.2) is 5.78 Å². The molecule has 0 radical (unpaired) electrons. The van der Waals surface area contributed by atoms with Gasteiger partial charge < -0.3 is 14.5 Å². The van der Waals surface area contributed by atoms with E-state index in [1.807, 2.05) is 24.3 Å². The molecule has 2 heterocycles. The summed E-state index contributed by atoms with van der Waals surface area (Å²) in [6.07, 6.45) is 4.97. The average molecular weight is 362 g/mol. The van der Waals surface area contributed by atoms with Gasteiger partial charge in [0, 0.05) is 49.2 Å². The number of furan rings is 1. The standard InChI is InChI=1S/C22H22N2O3/c1-26-11-10-24-14-18-13-20(15-6-8-23-9-7-15)22(27-18)17-2-4-19-16(12-17)3-5-21(19)25/h2,4,6-9,12-13,24H,3,5,10-11,14H2,1H3. The summed E-state index contributed by atoms with van der Waals surface area (Å²) in [6, 6.07) is 12.0. The fraction of sp³-hybridized carbons (Fsp3) is 0.273. The van der Waals surface area contributed by atoms with Crippen molar-refractivity contribution >= 4 is 5.78 Å². The average Bonchev–Trinajstić information content (AvgIpc) is 3.30. The molecule has 1 aliphatic carbocycles. The van der Waals surface area contributed by atoms with Crippen LogP contribution in [0.4, 0.5) is 0 Å². The molecular weight excluding hydrogens is 340 g/mol. The molecule has 0 aliphatic heterocycles. The second kappa shape index (κ2) is 7.86. The van der Waals surface area contributed by atoms with E-state index >= 15 is 0 Å². The predicted molar refractivity (Wildman–Crippen MR) is 104 cm³/mol. The first-order valence-electron chi connectivity index (χ1n) is 9.15. The number of methoxy groups -OCH3 is 1. The number of carbonyl (C=O) groups excluding carboxylic acids is 1. The molecule has 0 saturated heterocycles. The molecule has 1 aromatic carbocycles. The van der Waals surface area contributed by atoms with Gasteiger partial charge in [-0.25, -0.2) is 0 Å². The normalized spacial score (nSPS) is 13.1. The summed E-state index contributed by atoms with van der Waals surface area (Å²) in [6.45, 7) is 2.05. The lowest BCUT2D eigenvalue weighted by Crippen LogP contribution is -2.18. The lowest BCUT2D eigenvalue weighted by atomic mass is 9.99. The van der Waals surface area contributed by atoms with Crippen molar-refractivity contribution in [2.75, 3.05) is 20.3 Å². The van der Waals surface area contributed by atoms with Gasteiger partial charge in [-0.3, -0.25) is 9.78 Å². The number of aryl methyl sites for hydroxylation is 1. The van der Waals surface area contributed by atoms with E-state index in [1.54, 1.807) is 19.5 Å². The molecule has 0 fully saturated rings. The van der Waals surface area contributed by atoms with Crippen LogP contribution < -0.4 is 5.32 Å². The topological polar surface area (TPSA) is 64.4 Å². The zero-order chi connectivity index (χ0) is 18.6. The minimum Gasteiger partial charge on any atom is -0.459 e. The minimum atomic E-state index is 0.230. The maximum atomic E-state index is 11.9. The van der Waals surface area contributed by atoms with Gasteiger partial charge in [-0.2, -0.15) is 0 Å². The molecule has 138 valence electrons. The van der Waals surface area contributed by atoms with Gasteiger partial charge >= 0.3 is 0 Å². The number of carbonyl (C=O) groups is 1. The Kier molecular flexibility index (Phi) is 5.14. The first kappa shape index (κ1) is 17.6. The molecule has 1 N–H and O–H groups in total. The predicted octanol–water partition coefficient (Wildman–Crippen LogP) is 3.87. The number of nitrogens with one attached hydrogen (secondary N) is 1. The van der Waals surface area contributed by atoms with Crippen molar-refractivity contribution in [3.63, 3.8) is 0 Å². The third-order valence-electron chi connectivity index (χ3n) is 4.85. The summed E-state index contributed by atoms with van der Waals surface area (Å²) in [5.74, 6) is 1.92. The number of pyridine rings is 1. The monoisotopic (exact) mass is 362 g/mol. The first-order chi connectivity index (χ1) is 13.3. The molecule has 1 aliphatic rings. The van der Waals surface area contributed by atoms with Gasteiger partial charge in [-0.1, -0.05) is 12.1 Å². The van der Waals surface area contributed by atoms with Crippen LogP contribution in [-0.4, -0.2) is 31.0 Å². The number of fused-ring (bicyclic) bond motifs is 1. The number of Topliss-reactive ketones (excluding diaryl/α,β-unsaturated/α-hetero) is 1. The zero-order valence-corrected chi connectivity index (χ0v) is 15.3. The molecule has 27 heavy (non-hydrogen) atoms. The smallest absolute Gasteiger partial charge is 0.163 e. The Hall–Kier alpha value is -2.76. The Balaban J connectivity index is 1.70. The summed E-state index contributed by atoms with van der Waals surface area (Å²) < 4.78 is 11.3. The maximum Gasteiger partial charge on any atom is 0.163 e. The fourth-order valence-corrected chi connectivity index (χ4v) is 3.47. The summed E-state index contributed by atoms with van der Waals surface area (Å²) in [5.41, 5.74) is 5.04. The van der Waals surface area contributed by atoms with Gasteiger partial charge in [0.25, 0.3) is 0 Å². The van der Waals surface area contributed by atoms with Crippen LogP contribution in [0.5, 0.6) is 0 Å². The van der Waals surface area contributed by atoms with Crippen molar-refractivity contribution in [3.05, 3.63) is 65.7 Å². The molecule has 0 amide bonds. The highest BCUT2D eigenvalue weighted by Gasteiger charge is 2.22. The van der Waals surface area contributed by atoms with E-state index in [4.69, 9.17) is 9.15 Å². The summed E-state index contributed by atoms with van der Waals surface area (Å²) in [4.78, 5) is 16.0. The highest BCUT2D eigenvalue weighted by molar-refractivity contribution is 6.01. The Morgan fingerprint density at radius 1 is 1.07 bits per heavy atom. The summed E-state index contributed by atoms with van der Waals surface area (Å²) >= 11 is 0. The highest BCUT2D eigenvalue weighted by atomic mass is 16.5. The van der Waals surface area contributed by atoms with E-state index in [9.17, 15) is 4.79 Å². The number of hydrogen-bond donors (Lipinski definition) is 1. The molecule has 3 aromatic rings. The Morgan fingerprint density at radius 3 is 2.74 bits per heavy atom. The van der Waals surface area contributed by atoms with Crippen molar-refractivity contribution in [2.45, 2.75) is 19.4 Å². The number of nitrogens with zero attached hydrogens (tertiary/aromatic N) is 1. The zero-order valence-electron chi connectivity index (χ0n) is 15.3. The van der Waals surface area contributed by atoms with Gasteiger partial charge in [0.2, 0.25) is 0 Å². The van der Waals surface area contributed by atoms with Gasteiger partial charge in [-0.15, -0.1) is 0 Å². The lowest BCUT2D eigenvalue weighted by Gasteiger charge is -2.05.